The molecule has 3 rings (SSSR count). The lowest BCUT2D eigenvalue weighted by Gasteiger charge is -2.17. The van der Waals surface area contributed by atoms with Gasteiger partial charge in [-0.05, 0) is 53.7 Å². The highest BCUT2D eigenvalue weighted by molar-refractivity contribution is 5.88. The Morgan fingerprint density at radius 1 is 0.839 bits per heavy atom. The molecule has 0 saturated heterocycles. The molecule has 0 aliphatic rings. The van der Waals surface area contributed by atoms with Crippen LogP contribution in [0.1, 0.15) is 63.3 Å². The van der Waals surface area contributed by atoms with E-state index in [0.717, 1.165) is 0 Å². The summed E-state index contributed by atoms with van der Waals surface area (Å²) >= 11 is 0. The maximum Gasteiger partial charge on any atom is 0.335 e. The van der Waals surface area contributed by atoms with Gasteiger partial charge in [0.1, 0.15) is 36.1 Å². The second-order valence-corrected chi connectivity index (χ2v) is 9.23. The summed E-state index contributed by atoms with van der Waals surface area (Å²) in [6, 6.07) is 4.52. The van der Waals surface area contributed by atoms with Crippen molar-refractivity contribution in [3.05, 3.63) is 47.5 Å². The molecule has 0 unspecified atom stereocenters. The van der Waals surface area contributed by atoms with Crippen LogP contribution >= 0.6 is 0 Å². The molecule has 0 spiro atoms. The Balaban J connectivity index is 1.71. The normalized spacial score (nSPS) is 12.1. The molecule has 0 radical (unpaired) electrons. The Labute approximate surface area is 180 Å². The van der Waals surface area contributed by atoms with Gasteiger partial charge in [-0.2, -0.15) is 0 Å². The fourth-order valence-electron chi connectivity index (χ4n) is 2.56. The highest BCUT2D eigenvalue weighted by atomic mass is 16.5. The van der Waals surface area contributed by atoms with Gasteiger partial charge >= 0.3 is 5.97 Å². The van der Waals surface area contributed by atoms with Gasteiger partial charge in [0.15, 0.2) is 0 Å². The van der Waals surface area contributed by atoms with Gasteiger partial charge in [0.25, 0.3) is 0 Å². The van der Waals surface area contributed by atoms with E-state index in [4.69, 9.17) is 9.47 Å². The Morgan fingerprint density at radius 2 is 1.26 bits per heavy atom. The average molecular weight is 428 g/mol. The summed E-state index contributed by atoms with van der Waals surface area (Å²) in [5, 5.41) is 25.8. The fraction of sp³-hybridized carbons (Fsp3) is 0.476. The second-order valence-electron chi connectivity index (χ2n) is 9.23. The van der Waals surface area contributed by atoms with Crippen molar-refractivity contribution in [1.82, 2.24) is 30.0 Å². The molecular formula is C21H28N6O4. The van der Waals surface area contributed by atoms with Crippen molar-refractivity contribution < 1.29 is 19.4 Å². The predicted molar refractivity (Wildman–Crippen MR) is 112 cm³/mol. The first-order valence-electron chi connectivity index (χ1n) is 9.89. The topological polar surface area (TPSA) is 117 Å². The third-order valence-electron chi connectivity index (χ3n) is 4.36. The Bertz CT molecular complexity index is 984. The van der Waals surface area contributed by atoms with E-state index in [1.165, 1.54) is 12.1 Å². The van der Waals surface area contributed by atoms with E-state index >= 15 is 0 Å². The fourth-order valence-corrected chi connectivity index (χ4v) is 2.56. The van der Waals surface area contributed by atoms with Crippen LogP contribution in [0.3, 0.4) is 0 Å². The summed E-state index contributed by atoms with van der Waals surface area (Å²) < 4.78 is 15.0. The minimum atomic E-state index is -1.08. The number of carboxylic acids is 1. The van der Waals surface area contributed by atoms with Crippen LogP contribution in [0.15, 0.2) is 30.6 Å². The first-order chi connectivity index (χ1) is 14.4. The van der Waals surface area contributed by atoms with Gasteiger partial charge in [-0.3, -0.25) is 0 Å². The highest BCUT2D eigenvalue weighted by Gasteiger charge is 2.17. The summed E-state index contributed by atoms with van der Waals surface area (Å²) in [7, 11) is 0. The molecule has 166 valence electrons. The minimum absolute atomic E-state index is 0.0594. The smallest absolute Gasteiger partial charge is 0.335 e. The predicted octanol–water partition coefficient (Wildman–Crippen LogP) is 3.24. The van der Waals surface area contributed by atoms with Crippen LogP contribution in [0.2, 0.25) is 0 Å². The van der Waals surface area contributed by atoms with Crippen molar-refractivity contribution in [3.8, 4) is 11.5 Å². The Kier molecular flexibility index (Phi) is 6.01. The summed E-state index contributed by atoms with van der Waals surface area (Å²) in [4.78, 5) is 11.5. The summed E-state index contributed by atoms with van der Waals surface area (Å²) in [6.07, 6.45) is 3.61. The third-order valence-corrected chi connectivity index (χ3v) is 4.36. The monoisotopic (exact) mass is 428 g/mol. The standard InChI is InChI=1S/C21H28N6O4/c1-20(2,3)26-10-15(22-24-26)12-30-17-7-14(19(28)29)8-18(9-17)31-13-16-11-27(25-23-16)21(4,5)6/h7-11H,12-13H2,1-6H3,(H,28,29). The van der Waals surface area contributed by atoms with Gasteiger partial charge in [-0.25, -0.2) is 14.2 Å². The van der Waals surface area contributed by atoms with Crippen LogP contribution in [0.4, 0.5) is 0 Å². The molecular weight excluding hydrogens is 400 g/mol. The summed E-state index contributed by atoms with van der Waals surface area (Å²) in [5.41, 5.74) is 0.951. The molecule has 10 heteroatoms. The molecule has 1 N–H and O–H groups in total. The van der Waals surface area contributed by atoms with Gasteiger partial charge in [-0.15, -0.1) is 10.2 Å². The molecule has 1 aromatic carbocycles. The second kappa shape index (κ2) is 8.37. The first kappa shape index (κ1) is 22.3. The lowest BCUT2D eigenvalue weighted by molar-refractivity contribution is 0.0695. The number of ether oxygens (including phenoxy) is 2. The van der Waals surface area contributed by atoms with Gasteiger partial charge in [0, 0.05) is 6.07 Å². The van der Waals surface area contributed by atoms with Crippen LogP contribution < -0.4 is 9.47 Å². The molecule has 0 atom stereocenters. The molecule has 2 heterocycles. The zero-order valence-corrected chi connectivity index (χ0v) is 18.7. The molecule has 0 amide bonds. The van der Waals surface area contributed by atoms with Crippen molar-refractivity contribution in [2.75, 3.05) is 0 Å². The number of carbonyl (C=O) groups is 1. The lowest BCUT2D eigenvalue weighted by atomic mass is 10.1. The highest BCUT2D eigenvalue weighted by Crippen LogP contribution is 2.25. The molecule has 31 heavy (non-hydrogen) atoms. The van der Waals surface area contributed by atoms with E-state index in [9.17, 15) is 9.90 Å². The Morgan fingerprint density at radius 3 is 1.58 bits per heavy atom. The molecule has 0 aliphatic heterocycles. The van der Waals surface area contributed by atoms with Crippen molar-refractivity contribution in [1.29, 1.82) is 0 Å². The van der Waals surface area contributed by atoms with Crippen molar-refractivity contribution in [2.24, 2.45) is 0 Å². The number of nitrogens with zero attached hydrogens (tertiary/aromatic N) is 6. The van der Waals surface area contributed by atoms with Crippen molar-refractivity contribution in [2.45, 2.75) is 65.8 Å². The van der Waals surface area contributed by atoms with Gasteiger partial charge < -0.3 is 14.6 Å². The third kappa shape index (κ3) is 5.80. The summed E-state index contributed by atoms with van der Waals surface area (Å²) in [6.45, 7) is 12.4. The number of rotatable bonds is 7. The molecule has 0 aliphatic carbocycles. The largest absolute Gasteiger partial charge is 0.487 e. The van der Waals surface area contributed by atoms with Crippen LogP contribution in [0.25, 0.3) is 0 Å². The van der Waals surface area contributed by atoms with E-state index in [2.05, 4.69) is 20.6 Å². The van der Waals surface area contributed by atoms with E-state index in [1.807, 2.05) is 41.5 Å². The number of aromatic nitrogens is 6. The molecule has 0 saturated carbocycles. The van der Waals surface area contributed by atoms with Crippen LogP contribution in [0.5, 0.6) is 11.5 Å². The SMILES string of the molecule is CC(C)(C)n1cc(COc2cc(OCc3cn(C(C)(C)C)nn3)cc(C(=O)O)c2)nn1. The first-order valence-corrected chi connectivity index (χ1v) is 9.89. The lowest BCUT2D eigenvalue weighted by Crippen LogP contribution is -2.22. The van der Waals surface area contributed by atoms with Crippen molar-refractivity contribution in [3.63, 3.8) is 0 Å². The van der Waals surface area contributed by atoms with Crippen LogP contribution in [0, 0.1) is 0 Å². The molecule has 0 bridgehead atoms. The zero-order chi connectivity index (χ0) is 22.8. The number of aromatic carboxylic acids is 1. The van der Waals surface area contributed by atoms with Gasteiger partial charge in [0.05, 0.1) is 29.0 Å². The maximum absolute atomic E-state index is 11.5. The molecule has 3 aromatic rings. The zero-order valence-electron chi connectivity index (χ0n) is 18.7. The number of hydrogen-bond donors (Lipinski definition) is 1. The number of carboxylic acid groups (broad SMARTS) is 1. The average Bonchev–Trinajstić information content (AvgIpc) is 3.33. The number of hydrogen-bond acceptors (Lipinski definition) is 7. The van der Waals surface area contributed by atoms with E-state index < -0.39 is 5.97 Å². The van der Waals surface area contributed by atoms with E-state index in [1.54, 1.807) is 27.8 Å². The van der Waals surface area contributed by atoms with Crippen molar-refractivity contribution >= 4 is 5.97 Å². The molecule has 2 aromatic heterocycles. The number of benzene rings is 1. The van der Waals surface area contributed by atoms with Crippen LogP contribution in [-0.4, -0.2) is 41.1 Å². The maximum atomic E-state index is 11.5. The van der Waals surface area contributed by atoms with E-state index in [0.29, 0.717) is 22.9 Å². The van der Waals surface area contributed by atoms with Gasteiger partial charge in [0.2, 0.25) is 0 Å². The summed E-state index contributed by atoms with van der Waals surface area (Å²) in [5.74, 6) is -0.357. The minimum Gasteiger partial charge on any atom is -0.487 e. The molecule has 10 nitrogen and oxygen atoms in total. The molecule has 0 fully saturated rings. The quantitative estimate of drug-likeness (QED) is 0.609. The van der Waals surface area contributed by atoms with E-state index in [-0.39, 0.29) is 29.9 Å². The van der Waals surface area contributed by atoms with Crippen LogP contribution in [-0.2, 0) is 24.3 Å². The van der Waals surface area contributed by atoms with Gasteiger partial charge in [-0.1, -0.05) is 10.4 Å². The Hall–Kier alpha value is -3.43.